The highest BCUT2D eigenvalue weighted by atomic mass is 19.3. The second-order valence-corrected chi connectivity index (χ2v) is 3.29. The Kier molecular flexibility index (Phi) is 2.16. The van der Waals surface area contributed by atoms with Crippen LogP contribution in [0.5, 0.6) is 0 Å². The monoisotopic (exact) mass is 165 g/mol. The molecule has 1 atom stereocenters. The lowest BCUT2D eigenvalue weighted by atomic mass is 9.86. The van der Waals surface area contributed by atoms with E-state index in [9.17, 15) is 8.78 Å². The maximum atomic E-state index is 13.0. The van der Waals surface area contributed by atoms with Gasteiger partial charge in [0.05, 0.1) is 12.0 Å². The Morgan fingerprint density at radius 2 is 2.09 bits per heavy atom. The lowest BCUT2D eigenvalue weighted by Gasteiger charge is -2.28. The average molecular weight is 165 g/mol. The van der Waals surface area contributed by atoms with Crippen LogP contribution in [0.4, 0.5) is 8.78 Å². The zero-order chi connectivity index (χ0) is 8.54. The zero-order valence-corrected chi connectivity index (χ0v) is 6.79. The molecule has 1 aliphatic heterocycles. The van der Waals surface area contributed by atoms with Gasteiger partial charge in [-0.05, 0) is 7.05 Å². The third kappa shape index (κ3) is 1.37. The van der Waals surface area contributed by atoms with Gasteiger partial charge >= 0.3 is 0 Å². The van der Waals surface area contributed by atoms with E-state index in [0.29, 0.717) is 6.54 Å². The van der Waals surface area contributed by atoms with Gasteiger partial charge in [-0.3, -0.25) is 0 Å². The van der Waals surface area contributed by atoms with E-state index < -0.39 is 17.9 Å². The predicted octanol–water partition coefficient (Wildman–Crippen LogP) is 0.878. The van der Waals surface area contributed by atoms with Crippen molar-refractivity contribution < 1.29 is 13.5 Å². The molecule has 0 bridgehead atoms. The van der Waals surface area contributed by atoms with Gasteiger partial charge in [0.25, 0.3) is 5.92 Å². The molecule has 0 aliphatic carbocycles. The standard InChI is InChI=1S/C7H13F2NO/c1-6(3-10-2)4-11-5-7(6,8)9/h10H,3-5H2,1-2H3. The Balaban J connectivity index is 2.68. The molecule has 4 heteroatoms. The van der Waals surface area contributed by atoms with E-state index in [1.54, 1.807) is 7.05 Å². The number of nitrogens with one attached hydrogen (secondary N) is 1. The molecule has 0 saturated carbocycles. The molecule has 66 valence electrons. The van der Waals surface area contributed by atoms with Crippen LogP contribution in [0.3, 0.4) is 0 Å². The number of hydrogen-bond acceptors (Lipinski definition) is 2. The van der Waals surface area contributed by atoms with Crippen molar-refractivity contribution in [3.63, 3.8) is 0 Å². The van der Waals surface area contributed by atoms with Crippen molar-refractivity contribution in [3.8, 4) is 0 Å². The number of halogens is 2. The maximum absolute atomic E-state index is 13.0. The minimum atomic E-state index is -2.68. The van der Waals surface area contributed by atoms with E-state index in [2.05, 4.69) is 5.32 Å². The first-order chi connectivity index (χ1) is 5.02. The quantitative estimate of drug-likeness (QED) is 0.655. The summed E-state index contributed by atoms with van der Waals surface area (Å²) in [6.07, 6.45) is 0. The molecular weight excluding hydrogens is 152 g/mol. The summed E-state index contributed by atoms with van der Waals surface area (Å²) in [7, 11) is 1.67. The summed E-state index contributed by atoms with van der Waals surface area (Å²) in [4.78, 5) is 0. The van der Waals surface area contributed by atoms with Crippen molar-refractivity contribution in [2.75, 3.05) is 26.8 Å². The summed E-state index contributed by atoms with van der Waals surface area (Å²) in [5.74, 6) is -2.68. The van der Waals surface area contributed by atoms with Gasteiger partial charge in [0.2, 0.25) is 0 Å². The molecule has 1 saturated heterocycles. The third-order valence-corrected chi connectivity index (χ3v) is 2.15. The van der Waals surface area contributed by atoms with Gasteiger partial charge < -0.3 is 10.1 Å². The fraction of sp³-hybridized carbons (Fsp3) is 1.00. The van der Waals surface area contributed by atoms with Crippen LogP contribution >= 0.6 is 0 Å². The van der Waals surface area contributed by atoms with Crippen molar-refractivity contribution >= 4 is 0 Å². The van der Waals surface area contributed by atoms with Crippen LogP contribution in [-0.2, 0) is 4.74 Å². The van der Waals surface area contributed by atoms with Crippen LogP contribution < -0.4 is 5.32 Å². The van der Waals surface area contributed by atoms with Gasteiger partial charge in [-0.15, -0.1) is 0 Å². The van der Waals surface area contributed by atoms with Crippen molar-refractivity contribution in [2.24, 2.45) is 5.41 Å². The summed E-state index contributed by atoms with van der Waals surface area (Å²) >= 11 is 0. The van der Waals surface area contributed by atoms with Crippen LogP contribution in [0.15, 0.2) is 0 Å². The van der Waals surface area contributed by atoms with Crippen LogP contribution in [0.25, 0.3) is 0 Å². The molecule has 1 unspecified atom stereocenters. The largest absolute Gasteiger partial charge is 0.374 e. The van der Waals surface area contributed by atoms with Gasteiger partial charge in [0.1, 0.15) is 6.61 Å². The second kappa shape index (κ2) is 2.68. The van der Waals surface area contributed by atoms with Gasteiger partial charge in [0.15, 0.2) is 0 Å². The highest BCUT2D eigenvalue weighted by molar-refractivity contribution is 4.94. The normalized spacial score (nSPS) is 36.0. The van der Waals surface area contributed by atoms with E-state index in [0.717, 1.165) is 0 Å². The Morgan fingerprint density at radius 3 is 2.45 bits per heavy atom. The van der Waals surface area contributed by atoms with Crippen LogP contribution in [-0.4, -0.2) is 32.7 Å². The first-order valence-corrected chi connectivity index (χ1v) is 3.62. The maximum Gasteiger partial charge on any atom is 0.279 e. The summed E-state index contributed by atoms with van der Waals surface area (Å²) in [6, 6.07) is 0. The molecular formula is C7H13F2NO. The SMILES string of the molecule is CNCC1(C)COCC1(F)F. The Bertz CT molecular complexity index is 151. The fourth-order valence-electron chi connectivity index (χ4n) is 1.25. The van der Waals surface area contributed by atoms with Crippen LogP contribution in [0.2, 0.25) is 0 Å². The molecule has 2 nitrogen and oxygen atoms in total. The molecule has 1 rings (SSSR count). The van der Waals surface area contributed by atoms with E-state index in [1.807, 2.05) is 0 Å². The zero-order valence-electron chi connectivity index (χ0n) is 6.79. The van der Waals surface area contributed by atoms with E-state index in [1.165, 1.54) is 6.92 Å². The first-order valence-electron chi connectivity index (χ1n) is 3.62. The molecule has 11 heavy (non-hydrogen) atoms. The van der Waals surface area contributed by atoms with Gasteiger partial charge in [-0.2, -0.15) is 0 Å². The van der Waals surface area contributed by atoms with Crippen molar-refractivity contribution in [1.82, 2.24) is 5.32 Å². The number of hydrogen-bond donors (Lipinski definition) is 1. The predicted molar refractivity (Wildman–Crippen MR) is 37.8 cm³/mol. The summed E-state index contributed by atoms with van der Waals surface area (Å²) in [6.45, 7) is 1.53. The molecule has 0 radical (unpaired) electrons. The van der Waals surface area contributed by atoms with Gasteiger partial charge in [0, 0.05) is 6.54 Å². The fourth-order valence-corrected chi connectivity index (χ4v) is 1.25. The van der Waals surface area contributed by atoms with E-state index in [-0.39, 0.29) is 6.61 Å². The van der Waals surface area contributed by atoms with Gasteiger partial charge in [-0.1, -0.05) is 6.92 Å². The van der Waals surface area contributed by atoms with Crippen LogP contribution in [0.1, 0.15) is 6.92 Å². The third-order valence-electron chi connectivity index (χ3n) is 2.15. The number of alkyl halides is 2. The molecule has 0 aromatic carbocycles. The van der Waals surface area contributed by atoms with Gasteiger partial charge in [-0.25, -0.2) is 8.78 Å². The molecule has 0 amide bonds. The molecule has 1 N–H and O–H groups in total. The summed E-state index contributed by atoms with van der Waals surface area (Å²) < 4.78 is 30.8. The molecule has 0 spiro atoms. The Hall–Kier alpha value is -0.220. The molecule has 1 heterocycles. The van der Waals surface area contributed by atoms with Crippen molar-refractivity contribution in [1.29, 1.82) is 0 Å². The minimum absolute atomic E-state index is 0.140. The Morgan fingerprint density at radius 1 is 1.45 bits per heavy atom. The number of ether oxygens (including phenoxy) is 1. The lowest BCUT2D eigenvalue weighted by molar-refractivity contribution is -0.0769. The topological polar surface area (TPSA) is 21.3 Å². The van der Waals surface area contributed by atoms with Crippen molar-refractivity contribution in [3.05, 3.63) is 0 Å². The Labute approximate surface area is 64.9 Å². The highest BCUT2D eigenvalue weighted by Gasteiger charge is 2.54. The summed E-state index contributed by atoms with van der Waals surface area (Å²) in [5, 5.41) is 2.75. The molecule has 1 fully saturated rings. The van der Waals surface area contributed by atoms with Crippen LogP contribution in [0, 0.1) is 5.41 Å². The lowest BCUT2D eigenvalue weighted by Crippen LogP contribution is -2.44. The van der Waals surface area contributed by atoms with E-state index >= 15 is 0 Å². The molecule has 0 aromatic heterocycles. The smallest absolute Gasteiger partial charge is 0.279 e. The van der Waals surface area contributed by atoms with E-state index in [4.69, 9.17) is 4.74 Å². The first kappa shape index (κ1) is 8.87. The second-order valence-electron chi connectivity index (χ2n) is 3.29. The molecule has 0 aromatic rings. The summed E-state index contributed by atoms with van der Waals surface area (Å²) in [5.41, 5.74) is -1.03. The number of rotatable bonds is 2. The minimum Gasteiger partial charge on any atom is -0.374 e. The average Bonchev–Trinajstić information content (AvgIpc) is 2.09. The molecule has 1 aliphatic rings. The van der Waals surface area contributed by atoms with Crippen molar-refractivity contribution in [2.45, 2.75) is 12.8 Å². The highest BCUT2D eigenvalue weighted by Crippen LogP contribution is 2.41.